The smallest absolute Gasteiger partial charge is 0.240 e. The predicted molar refractivity (Wildman–Crippen MR) is 83.1 cm³/mol. The Balaban J connectivity index is 1.62. The minimum absolute atomic E-state index is 0.209. The molecule has 6 heteroatoms. The van der Waals surface area contributed by atoms with Gasteiger partial charge in [0, 0.05) is 19.4 Å². The Labute approximate surface area is 132 Å². The molecule has 2 fully saturated rings. The number of hydrogen-bond donors (Lipinski definition) is 1. The molecule has 1 aliphatic carbocycles. The Bertz CT molecular complexity index is 650. The quantitative estimate of drug-likeness (QED) is 0.922. The highest BCUT2D eigenvalue weighted by Crippen LogP contribution is 2.39. The monoisotopic (exact) mass is 325 g/mol. The van der Waals surface area contributed by atoms with Crippen molar-refractivity contribution in [3.8, 4) is 0 Å². The van der Waals surface area contributed by atoms with Crippen molar-refractivity contribution in [1.82, 2.24) is 4.72 Å². The van der Waals surface area contributed by atoms with Gasteiger partial charge in [0.1, 0.15) is 0 Å². The second kappa shape index (κ2) is 5.92. The zero-order valence-corrected chi connectivity index (χ0v) is 13.9. The van der Waals surface area contributed by atoms with E-state index >= 15 is 0 Å². The number of ether oxygens (including phenoxy) is 2. The van der Waals surface area contributed by atoms with Crippen LogP contribution in [0, 0.1) is 13.8 Å². The van der Waals surface area contributed by atoms with Gasteiger partial charge in [0.05, 0.1) is 17.6 Å². The maximum atomic E-state index is 12.4. The molecule has 1 spiro atoms. The fourth-order valence-electron chi connectivity index (χ4n) is 3.06. The molecular formula is C16H23NO4S. The lowest BCUT2D eigenvalue weighted by Crippen LogP contribution is -2.35. The van der Waals surface area contributed by atoms with E-state index in [1.54, 1.807) is 12.1 Å². The molecule has 1 aromatic rings. The predicted octanol–water partition coefficient (Wildman–Crippen LogP) is 2.27. The van der Waals surface area contributed by atoms with Crippen molar-refractivity contribution in [2.75, 3.05) is 13.2 Å². The molecule has 1 saturated heterocycles. The minimum Gasteiger partial charge on any atom is -0.347 e. The second-order valence-corrected chi connectivity index (χ2v) is 8.03. The summed E-state index contributed by atoms with van der Waals surface area (Å²) < 4.78 is 39.1. The summed E-state index contributed by atoms with van der Waals surface area (Å²) in [6.07, 6.45) is 3.84. The number of rotatable bonds is 4. The van der Waals surface area contributed by atoms with Crippen LogP contribution in [0.15, 0.2) is 23.1 Å². The zero-order valence-electron chi connectivity index (χ0n) is 13.1. The van der Waals surface area contributed by atoms with Crippen molar-refractivity contribution in [2.45, 2.75) is 56.3 Å². The SMILES string of the molecule is Cc1ccc(S(=O)(=O)NC[C@H]2COC3(CCCC3)O2)cc1C. The van der Waals surface area contributed by atoms with Crippen LogP contribution >= 0.6 is 0 Å². The van der Waals surface area contributed by atoms with E-state index in [2.05, 4.69) is 4.72 Å². The van der Waals surface area contributed by atoms with Gasteiger partial charge < -0.3 is 9.47 Å². The normalized spacial score (nSPS) is 24.2. The van der Waals surface area contributed by atoms with Gasteiger partial charge in [-0.25, -0.2) is 13.1 Å². The molecule has 1 aliphatic heterocycles. The molecule has 2 aliphatic rings. The molecule has 0 bridgehead atoms. The maximum Gasteiger partial charge on any atom is 0.240 e. The third-order valence-electron chi connectivity index (χ3n) is 4.57. The lowest BCUT2D eigenvalue weighted by molar-refractivity contribution is -0.160. The second-order valence-electron chi connectivity index (χ2n) is 6.27. The largest absolute Gasteiger partial charge is 0.347 e. The Hall–Kier alpha value is -0.950. The lowest BCUT2D eigenvalue weighted by atomic mass is 10.1. The van der Waals surface area contributed by atoms with Crippen LogP contribution in [0.5, 0.6) is 0 Å². The van der Waals surface area contributed by atoms with Crippen LogP contribution in [-0.4, -0.2) is 33.5 Å². The fraction of sp³-hybridized carbons (Fsp3) is 0.625. The van der Waals surface area contributed by atoms with E-state index in [0.29, 0.717) is 11.5 Å². The molecular weight excluding hydrogens is 302 g/mol. The van der Waals surface area contributed by atoms with Gasteiger partial charge in [-0.15, -0.1) is 0 Å². The topological polar surface area (TPSA) is 64.6 Å². The molecule has 0 amide bonds. The first-order valence-corrected chi connectivity index (χ1v) is 9.27. The van der Waals surface area contributed by atoms with Crippen LogP contribution in [0.4, 0.5) is 0 Å². The third-order valence-corrected chi connectivity index (χ3v) is 5.99. The molecule has 122 valence electrons. The van der Waals surface area contributed by atoms with Crippen LogP contribution in [0.25, 0.3) is 0 Å². The van der Waals surface area contributed by atoms with Crippen molar-refractivity contribution in [2.24, 2.45) is 0 Å². The molecule has 0 aromatic heterocycles. The summed E-state index contributed by atoms with van der Waals surface area (Å²) in [6, 6.07) is 5.16. The summed E-state index contributed by atoms with van der Waals surface area (Å²) in [7, 11) is -3.51. The summed E-state index contributed by atoms with van der Waals surface area (Å²) in [6.45, 7) is 4.57. The Morgan fingerprint density at radius 3 is 2.64 bits per heavy atom. The average molecular weight is 325 g/mol. The summed E-state index contributed by atoms with van der Waals surface area (Å²) in [5.41, 5.74) is 2.04. The van der Waals surface area contributed by atoms with Gasteiger partial charge in [0.15, 0.2) is 5.79 Å². The Morgan fingerprint density at radius 1 is 1.23 bits per heavy atom. The molecule has 1 N–H and O–H groups in total. The van der Waals surface area contributed by atoms with E-state index in [9.17, 15) is 8.42 Å². The number of nitrogens with one attached hydrogen (secondary N) is 1. The van der Waals surface area contributed by atoms with Gasteiger partial charge in [0.25, 0.3) is 0 Å². The summed E-state index contributed by atoms with van der Waals surface area (Å²) in [4.78, 5) is 0.296. The summed E-state index contributed by atoms with van der Waals surface area (Å²) in [5.74, 6) is -0.448. The molecule has 22 heavy (non-hydrogen) atoms. The van der Waals surface area contributed by atoms with Crippen molar-refractivity contribution in [3.05, 3.63) is 29.3 Å². The minimum atomic E-state index is -3.51. The number of sulfonamides is 1. The highest BCUT2D eigenvalue weighted by atomic mass is 32.2. The van der Waals surface area contributed by atoms with E-state index in [1.165, 1.54) is 0 Å². The Morgan fingerprint density at radius 2 is 1.95 bits per heavy atom. The standard InChI is InChI=1S/C16H23NO4S/c1-12-5-6-15(9-13(12)2)22(18,19)17-10-14-11-20-16(21-14)7-3-4-8-16/h5-6,9,14,17H,3-4,7-8,10-11H2,1-2H3/t14-/m0/s1. The van der Waals surface area contributed by atoms with E-state index < -0.39 is 15.8 Å². The summed E-state index contributed by atoms with van der Waals surface area (Å²) >= 11 is 0. The highest BCUT2D eigenvalue weighted by Gasteiger charge is 2.43. The molecule has 5 nitrogen and oxygen atoms in total. The van der Waals surface area contributed by atoms with Crippen molar-refractivity contribution < 1.29 is 17.9 Å². The van der Waals surface area contributed by atoms with E-state index in [4.69, 9.17) is 9.47 Å². The van der Waals surface area contributed by atoms with Gasteiger partial charge in [-0.3, -0.25) is 0 Å². The van der Waals surface area contributed by atoms with Crippen LogP contribution in [0.3, 0.4) is 0 Å². The van der Waals surface area contributed by atoms with E-state index in [1.807, 2.05) is 19.9 Å². The maximum absolute atomic E-state index is 12.4. The molecule has 0 radical (unpaired) electrons. The van der Waals surface area contributed by atoms with Crippen LogP contribution in [-0.2, 0) is 19.5 Å². The van der Waals surface area contributed by atoms with Gasteiger partial charge in [-0.2, -0.15) is 0 Å². The first-order chi connectivity index (χ1) is 10.4. The first kappa shape index (κ1) is 15.9. The van der Waals surface area contributed by atoms with Crippen LogP contribution in [0.1, 0.15) is 36.8 Å². The number of benzene rings is 1. The molecule has 1 aromatic carbocycles. The average Bonchev–Trinajstić information content (AvgIpc) is 3.10. The lowest BCUT2D eigenvalue weighted by Gasteiger charge is -2.22. The first-order valence-electron chi connectivity index (χ1n) is 7.79. The molecule has 1 atom stereocenters. The zero-order chi connectivity index (χ0) is 15.8. The third kappa shape index (κ3) is 3.20. The van der Waals surface area contributed by atoms with Gasteiger partial charge in [-0.05, 0) is 49.9 Å². The van der Waals surface area contributed by atoms with Crippen molar-refractivity contribution in [3.63, 3.8) is 0 Å². The van der Waals surface area contributed by atoms with Crippen LogP contribution < -0.4 is 4.72 Å². The van der Waals surface area contributed by atoms with Gasteiger partial charge >= 0.3 is 0 Å². The van der Waals surface area contributed by atoms with Gasteiger partial charge in [-0.1, -0.05) is 6.07 Å². The number of hydrogen-bond acceptors (Lipinski definition) is 4. The highest BCUT2D eigenvalue weighted by molar-refractivity contribution is 7.89. The molecule has 1 heterocycles. The number of aryl methyl sites for hydroxylation is 2. The van der Waals surface area contributed by atoms with Crippen LogP contribution in [0.2, 0.25) is 0 Å². The molecule has 3 rings (SSSR count). The fourth-order valence-corrected chi connectivity index (χ4v) is 4.21. The Kier molecular flexibility index (Phi) is 4.29. The summed E-state index contributed by atoms with van der Waals surface area (Å²) in [5, 5.41) is 0. The molecule has 0 unspecified atom stereocenters. The van der Waals surface area contributed by atoms with Gasteiger partial charge in [0.2, 0.25) is 10.0 Å². The van der Waals surface area contributed by atoms with Crippen molar-refractivity contribution >= 4 is 10.0 Å². The van der Waals surface area contributed by atoms with Crippen molar-refractivity contribution in [1.29, 1.82) is 0 Å². The molecule has 1 saturated carbocycles. The van der Waals surface area contributed by atoms with E-state index in [-0.39, 0.29) is 12.6 Å². The van der Waals surface area contributed by atoms with E-state index in [0.717, 1.165) is 36.8 Å².